The van der Waals surface area contributed by atoms with Crippen LogP contribution in [0, 0.1) is 6.92 Å². The first-order chi connectivity index (χ1) is 11.3. The van der Waals surface area contributed by atoms with Gasteiger partial charge in [-0.15, -0.1) is 17.5 Å². The fraction of sp³-hybridized carbons (Fsp3) is 0.438. The lowest BCUT2D eigenvalue weighted by Gasteiger charge is -2.26. The Morgan fingerprint density at radius 3 is 2.36 bits per heavy atom. The van der Waals surface area contributed by atoms with Crippen LogP contribution in [0.4, 0.5) is 0 Å². The third-order valence-corrected chi connectivity index (χ3v) is 4.74. The van der Waals surface area contributed by atoms with Crippen molar-refractivity contribution in [1.82, 2.24) is 20.1 Å². The Morgan fingerprint density at radius 1 is 1.28 bits per heavy atom. The largest absolute Gasteiger partial charge is 0.347 e. The van der Waals surface area contributed by atoms with E-state index in [4.69, 9.17) is 28.9 Å². The third-order valence-electron chi connectivity index (χ3n) is 4.13. The quantitative estimate of drug-likeness (QED) is 0.768. The molecule has 0 aliphatic heterocycles. The maximum Gasteiger partial charge on any atom is 0.291 e. The normalized spacial score (nSPS) is 11.1. The first-order valence-electron chi connectivity index (χ1n) is 7.76. The van der Waals surface area contributed by atoms with Crippen molar-refractivity contribution < 1.29 is 4.79 Å². The summed E-state index contributed by atoms with van der Waals surface area (Å²) < 4.78 is 1.47. The second-order valence-corrected chi connectivity index (χ2v) is 6.53. The summed E-state index contributed by atoms with van der Waals surface area (Å²) in [4.78, 5) is 16.5. The molecular weight excluding hydrogens is 385 g/mol. The Balaban J connectivity index is 0.00000312. The molecule has 25 heavy (non-hydrogen) atoms. The van der Waals surface area contributed by atoms with Gasteiger partial charge in [0.1, 0.15) is 11.5 Å². The van der Waals surface area contributed by atoms with E-state index in [9.17, 15) is 4.79 Å². The highest BCUT2D eigenvalue weighted by Gasteiger charge is 2.23. The molecule has 1 heterocycles. The molecule has 0 aliphatic carbocycles. The van der Waals surface area contributed by atoms with Crippen LogP contribution in [0.25, 0.3) is 5.69 Å². The smallest absolute Gasteiger partial charge is 0.291 e. The molecule has 0 unspecified atom stereocenters. The average Bonchev–Trinajstić information content (AvgIpc) is 2.94. The molecule has 2 aromatic rings. The van der Waals surface area contributed by atoms with Crippen molar-refractivity contribution in [2.45, 2.75) is 39.2 Å². The van der Waals surface area contributed by atoms with E-state index in [0.717, 1.165) is 12.8 Å². The number of aromatic nitrogens is 3. The summed E-state index contributed by atoms with van der Waals surface area (Å²) in [5.41, 5.74) is 6.26. The van der Waals surface area contributed by atoms with Gasteiger partial charge in [0.25, 0.3) is 5.91 Å². The van der Waals surface area contributed by atoms with Gasteiger partial charge in [0.05, 0.1) is 10.0 Å². The second-order valence-electron chi connectivity index (χ2n) is 5.72. The first kappa shape index (κ1) is 21.7. The van der Waals surface area contributed by atoms with Crippen molar-refractivity contribution in [2.24, 2.45) is 5.73 Å². The molecule has 0 bridgehead atoms. The molecule has 0 atom stereocenters. The number of halogens is 3. The Kier molecular flexibility index (Phi) is 7.68. The Morgan fingerprint density at radius 2 is 1.84 bits per heavy atom. The number of nitrogens with two attached hydrogens (primary N) is 1. The van der Waals surface area contributed by atoms with Gasteiger partial charge >= 0.3 is 0 Å². The molecule has 0 aliphatic rings. The topological polar surface area (TPSA) is 85.8 Å². The fourth-order valence-corrected chi connectivity index (χ4v) is 2.78. The van der Waals surface area contributed by atoms with E-state index in [1.807, 2.05) is 13.8 Å². The number of nitrogens with one attached hydrogen (secondary N) is 1. The predicted octanol–water partition coefficient (Wildman–Crippen LogP) is 3.55. The highest BCUT2D eigenvalue weighted by atomic mass is 35.5. The zero-order valence-electron chi connectivity index (χ0n) is 14.3. The zero-order chi connectivity index (χ0) is 17.9. The van der Waals surface area contributed by atoms with Crippen molar-refractivity contribution in [2.75, 3.05) is 6.54 Å². The van der Waals surface area contributed by atoms with Crippen LogP contribution in [0.2, 0.25) is 10.0 Å². The molecular formula is C16H22Cl3N5O. The third kappa shape index (κ3) is 4.85. The minimum atomic E-state index is -0.431. The van der Waals surface area contributed by atoms with Crippen molar-refractivity contribution >= 4 is 41.5 Å². The Bertz CT molecular complexity index is 723. The number of rotatable bonds is 6. The monoisotopic (exact) mass is 405 g/mol. The van der Waals surface area contributed by atoms with Gasteiger partial charge in [0.15, 0.2) is 0 Å². The molecule has 1 amide bonds. The molecule has 1 aromatic heterocycles. The van der Waals surface area contributed by atoms with E-state index in [1.54, 1.807) is 25.1 Å². The minimum Gasteiger partial charge on any atom is -0.347 e. The maximum absolute atomic E-state index is 12.3. The second kappa shape index (κ2) is 8.85. The average molecular weight is 407 g/mol. The van der Waals surface area contributed by atoms with Gasteiger partial charge in [0.2, 0.25) is 5.82 Å². The van der Waals surface area contributed by atoms with Crippen molar-refractivity contribution in [3.8, 4) is 5.69 Å². The molecule has 0 fully saturated rings. The summed E-state index contributed by atoms with van der Waals surface area (Å²) in [5, 5.41) is 7.89. The van der Waals surface area contributed by atoms with Crippen LogP contribution in [0.1, 0.15) is 43.1 Å². The molecule has 3 N–H and O–H groups in total. The van der Waals surface area contributed by atoms with E-state index in [-0.39, 0.29) is 24.1 Å². The number of hydrogen-bond acceptors (Lipinski definition) is 4. The summed E-state index contributed by atoms with van der Waals surface area (Å²) in [6.07, 6.45) is 1.53. The van der Waals surface area contributed by atoms with Crippen LogP contribution in [0.5, 0.6) is 0 Å². The summed E-state index contributed by atoms with van der Waals surface area (Å²) in [6, 6.07) is 5.15. The van der Waals surface area contributed by atoms with Crippen LogP contribution in [0.3, 0.4) is 0 Å². The lowest BCUT2D eigenvalue weighted by atomic mass is 9.94. The number of nitrogens with zero attached hydrogens (tertiary/aromatic N) is 3. The molecule has 0 saturated heterocycles. The summed E-state index contributed by atoms with van der Waals surface area (Å²) in [7, 11) is 0. The molecule has 9 heteroatoms. The van der Waals surface area contributed by atoms with Crippen LogP contribution < -0.4 is 11.1 Å². The molecule has 0 saturated carbocycles. The van der Waals surface area contributed by atoms with Gasteiger partial charge < -0.3 is 11.1 Å². The summed E-state index contributed by atoms with van der Waals surface area (Å²) >= 11 is 12.4. The summed E-state index contributed by atoms with van der Waals surface area (Å²) in [6.45, 7) is 6.08. The zero-order valence-corrected chi connectivity index (χ0v) is 16.7. The molecule has 1 aromatic carbocycles. The summed E-state index contributed by atoms with van der Waals surface area (Å²) in [5.74, 6) is 0.190. The number of para-hydroxylation sites is 1. The van der Waals surface area contributed by atoms with Crippen LogP contribution >= 0.6 is 35.6 Å². The number of amides is 1. The number of carbonyl (C=O) groups is 1. The molecule has 0 spiro atoms. The maximum atomic E-state index is 12.3. The molecule has 6 nitrogen and oxygen atoms in total. The van der Waals surface area contributed by atoms with E-state index in [0.29, 0.717) is 28.1 Å². The SMILES string of the molecule is CCC(N)(CC)CNC(=O)c1nc(C)n(-c2c(Cl)cccc2Cl)n1.Cl. The van der Waals surface area contributed by atoms with E-state index < -0.39 is 5.54 Å². The number of hydrogen-bond donors (Lipinski definition) is 2. The Labute approximate surface area is 163 Å². The predicted molar refractivity (Wildman–Crippen MR) is 103 cm³/mol. The standard InChI is InChI=1S/C16H21Cl2N5O.ClH/c1-4-16(19,5-2)9-20-15(24)14-21-10(3)23(22-14)13-11(17)7-6-8-12(13)18;/h6-8H,4-5,9,19H2,1-3H3,(H,20,24);1H. The van der Waals surface area contributed by atoms with Gasteiger partial charge in [-0.2, -0.15) is 0 Å². The van der Waals surface area contributed by atoms with Gasteiger partial charge in [0, 0.05) is 12.1 Å². The fourth-order valence-electron chi connectivity index (χ4n) is 2.22. The van der Waals surface area contributed by atoms with Crippen LogP contribution in [0.15, 0.2) is 18.2 Å². The highest BCUT2D eigenvalue weighted by Crippen LogP contribution is 2.28. The molecule has 138 valence electrons. The van der Waals surface area contributed by atoms with Gasteiger partial charge in [-0.1, -0.05) is 43.1 Å². The van der Waals surface area contributed by atoms with Gasteiger partial charge in [-0.05, 0) is 31.9 Å². The Hall–Kier alpha value is -1.34. The lowest BCUT2D eigenvalue weighted by molar-refractivity contribution is 0.0931. The number of carbonyl (C=O) groups excluding carboxylic acids is 1. The lowest BCUT2D eigenvalue weighted by Crippen LogP contribution is -2.49. The highest BCUT2D eigenvalue weighted by molar-refractivity contribution is 6.37. The first-order valence-corrected chi connectivity index (χ1v) is 8.52. The van der Waals surface area contributed by atoms with Crippen molar-refractivity contribution in [3.05, 3.63) is 39.9 Å². The number of benzene rings is 1. The molecule has 2 rings (SSSR count). The van der Waals surface area contributed by atoms with Gasteiger partial charge in [-0.25, -0.2) is 9.67 Å². The van der Waals surface area contributed by atoms with E-state index in [2.05, 4.69) is 15.4 Å². The minimum absolute atomic E-state index is 0. The van der Waals surface area contributed by atoms with E-state index in [1.165, 1.54) is 4.68 Å². The van der Waals surface area contributed by atoms with Crippen molar-refractivity contribution in [3.63, 3.8) is 0 Å². The van der Waals surface area contributed by atoms with Crippen LogP contribution in [-0.4, -0.2) is 32.8 Å². The van der Waals surface area contributed by atoms with Gasteiger partial charge in [-0.3, -0.25) is 4.79 Å². The molecule has 0 radical (unpaired) electrons. The van der Waals surface area contributed by atoms with Crippen molar-refractivity contribution in [1.29, 1.82) is 0 Å². The number of aryl methyl sites for hydroxylation is 1. The van der Waals surface area contributed by atoms with E-state index >= 15 is 0 Å². The van der Waals surface area contributed by atoms with Crippen LogP contribution in [-0.2, 0) is 0 Å².